The van der Waals surface area contributed by atoms with E-state index in [9.17, 15) is 4.79 Å². The summed E-state index contributed by atoms with van der Waals surface area (Å²) in [6.07, 6.45) is 3.51. The molecule has 152 valence electrons. The summed E-state index contributed by atoms with van der Waals surface area (Å²) in [5.74, 6) is 0.982. The molecule has 1 unspecified atom stereocenters. The average Bonchev–Trinajstić information content (AvgIpc) is 3.44. The molecule has 0 aliphatic carbocycles. The number of amides is 1. The van der Waals surface area contributed by atoms with Gasteiger partial charge >= 0.3 is 0 Å². The highest BCUT2D eigenvalue weighted by Gasteiger charge is 2.17. The van der Waals surface area contributed by atoms with E-state index in [1.165, 1.54) is 11.8 Å². The molecule has 0 saturated heterocycles. The van der Waals surface area contributed by atoms with Crippen LogP contribution in [0.15, 0.2) is 77.5 Å². The lowest BCUT2D eigenvalue weighted by molar-refractivity contribution is -0.119. The number of hydrogen-bond donors (Lipinski definition) is 1. The number of nitrogens with zero attached hydrogens (tertiary/aromatic N) is 4. The quantitative estimate of drug-likeness (QED) is 0.415. The molecule has 0 saturated carbocycles. The minimum absolute atomic E-state index is 0.00811. The van der Waals surface area contributed by atoms with Gasteiger partial charge in [0.25, 0.3) is 0 Å². The molecular weight excluding hydrogens is 414 g/mol. The minimum atomic E-state index is -0.0295. The van der Waals surface area contributed by atoms with Gasteiger partial charge in [0.2, 0.25) is 5.91 Å². The Kier molecular flexibility index (Phi) is 6.56. The van der Waals surface area contributed by atoms with E-state index in [-0.39, 0.29) is 17.7 Å². The second-order valence-electron chi connectivity index (χ2n) is 6.71. The van der Waals surface area contributed by atoms with E-state index in [2.05, 4.69) is 32.6 Å². The molecule has 0 spiro atoms. The molecule has 0 bridgehead atoms. The highest BCUT2D eigenvalue weighted by molar-refractivity contribution is 7.99. The summed E-state index contributed by atoms with van der Waals surface area (Å²) in [5, 5.41) is 14.5. The molecular formula is C22H21N5OS2. The van der Waals surface area contributed by atoms with Crippen LogP contribution in [0.2, 0.25) is 0 Å². The van der Waals surface area contributed by atoms with E-state index < -0.39 is 0 Å². The number of nitrogens with one attached hydrogen (secondary N) is 1. The Labute approximate surface area is 183 Å². The van der Waals surface area contributed by atoms with Crippen LogP contribution in [0.3, 0.4) is 0 Å². The first-order valence-electron chi connectivity index (χ1n) is 9.54. The van der Waals surface area contributed by atoms with Gasteiger partial charge in [-0.2, -0.15) is 0 Å². The molecule has 0 fully saturated rings. The van der Waals surface area contributed by atoms with Crippen molar-refractivity contribution >= 4 is 29.0 Å². The molecule has 1 N–H and O–H groups in total. The Morgan fingerprint density at radius 2 is 2.00 bits per heavy atom. The molecule has 30 heavy (non-hydrogen) atoms. The van der Waals surface area contributed by atoms with Gasteiger partial charge in [0.1, 0.15) is 0 Å². The number of hydrogen-bond acceptors (Lipinski definition) is 6. The molecule has 3 aromatic heterocycles. The number of carbonyl (C=O) groups excluding carboxylic acids is 1. The number of thioether (sulfide) groups is 1. The second-order valence-corrected chi connectivity index (χ2v) is 8.63. The van der Waals surface area contributed by atoms with Crippen LogP contribution in [-0.4, -0.2) is 31.4 Å². The zero-order valence-corrected chi connectivity index (χ0v) is 18.1. The first kappa shape index (κ1) is 20.3. The van der Waals surface area contributed by atoms with Crippen LogP contribution in [-0.2, 0) is 11.3 Å². The topological polar surface area (TPSA) is 72.7 Å². The van der Waals surface area contributed by atoms with Crippen molar-refractivity contribution in [3.05, 3.63) is 82.8 Å². The van der Waals surface area contributed by atoms with E-state index in [1.54, 1.807) is 23.7 Å². The first-order valence-corrected chi connectivity index (χ1v) is 11.4. The number of carbonyl (C=O) groups is 1. The van der Waals surface area contributed by atoms with Crippen molar-refractivity contribution in [2.45, 2.75) is 24.7 Å². The van der Waals surface area contributed by atoms with Crippen LogP contribution in [0, 0.1) is 0 Å². The van der Waals surface area contributed by atoms with Gasteiger partial charge in [-0.3, -0.25) is 14.3 Å². The molecule has 1 atom stereocenters. The highest BCUT2D eigenvalue weighted by Crippen LogP contribution is 2.25. The highest BCUT2D eigenvalue weighted by atomic mass is 32.2. The zero-order chi connectivity index (χ0) is 20.8. The Balaban J connectivity index is 1.51. The van der Waals surface area contributed by atoms with E-state index in [0.29, 0.717) is 11.7 Å². The largest absolute Gasteiger partial charge is 0.348 e. The fraction of sp³-hybridized carbons (Fsp3) is 0.182. The SMILES string of the molecule is CC(NC(=O)CSc1nnc(-c2cccnc2)n1Cc1ccccc1)c1cccs1. The summed E-state index contributed by atoms with van der Waals surface area (Å²) in [4.78, 5) is 17.8. The predicted molar refractivity (Wildman–Crippen MR) is 120 cm³/mol. The molecule has 4 rings (SSSR count). The molecule has 1 amide bonds. The summed E-state index contributed by atoms with van der Waals surface area (Å²) in [6.45, 7) is 2.61. The van der Waals surface area contributed by atoms with E-state index in [0.717, 1.165) is 21.8 Å². The number of pyridine rings is 1. The Bertz CT molecular complexity index is 1080. The van der Waals surface area contributed by atoms with Crippen LogP contribution >= 0.6 is 23.1 Å². The Morgan fingerprint density at radius 3 is 2.73 bits per heavy atom. The van der Waals surface area contributed by atoms with Crippen molar-refractivity contribution in [2.75, 3.05) is 5.75 Å². The standard InChI is InChI=1S/C22H21N5OS2/c1-16(19-10-6-12-29-19)24-20(28)15-30-22-26-25-21(18-9-5-11-23-13-18)27(22)14-17-7-3-2-4-8-17/h2-13,16H,14-15H2,1H3,(H,24,28). The smallest absolute Gasteiger partial charge is 0.230 e. The minimum Gasteiger partial charge on any atom is -0.348 e. The number of aromatic nitrogens is 4. The summed E-state index contributed by atoms with van der Waals surface area (Å²) in [6, 6.07) is 18.0. The monoisotopic (exact) mass is 435 g/mol. The number of thiophene rings is 1. The van der Waals surface area contributed by atoms with Gasteiger partial charge in [-0.25, -0.2) is 0 Å². The fourth-order valence-electron chi connectivity index (χ4n) is 3.03. The van der Waals surface area contributed by atoms with Crippen molar-refractivity contribution in [3.8, 4) is 11.4 Å². The average molecular weight is 436 g/mol. The predicted octanol–water partition coefficient (Wildman–Crippen LogP) is 4.42. The summed E-state index contributed by atoms with van der Waals surface area (Å²) >= 11 is 3.03. The first-order chi connectivity index (χ1) is 14.7. The Hall–Kier alpha value is -2.97. The van der Waals surface area contributed by atoms with Crippen LogP contribution in [0.1, 0.15) is 23.4 Å². The number of rotatable bonds is 8. The van der Waals surface area contributed by atoms with Gasteiger partial charge < -0.3 is 5.32 Å². The van der Waals surface area contributed by atoms with Gasteiger partial charge in [0.15, 0.2) is 11.0 Å². The second kappa shape index (κ2) is 9.69. The third-order valence-electron chi connectivity index (χ3n) is 4.50. The maximum atomic E-state index is 12.5. The van der Waals surface area contributed by atoms with Crippen molar-refractivity contribution in [2.24, 2.45) is 0 Å². The molecule has 1 aromatic carbocycles. The van der Waals surface area contributed by atoms with E-state index in [4.69, 9.17) is 0 Å². The van der Waals surface area contributed by atoms with E-state index in [1.807, 2.05) is 59.3 Å². The molecule has 6 nitrogen and oxygen atoms in total. The fourth-order valence-corrected chi connectivity index (χ4v) is 4.52. The van der Waals surface area contributed by atoms with Crippen LogP contribution < -0.4 is 5.32 Å². The summed E-state index contributed by atoms with van der Waals surface area (Å²) in [7, 11) is 0. The molecule has 4 aromatic rings. The van der Waals surface area contributed by atoms with Crippen molar-refractivity contribution in [1.29, 1.82) is 0 Å². The lowest BCUT2D eigenvalue weighted by Gasteiger charge is -2.13. The molecule has 3 heterocycles. The van der Waals surface area contributed by atoms with Crippen LogP contribution in [0.5, 0.6) is 0 Å². The maximum absolute atomic E-state index is 12.5. The maximum Gasteiger partial charge on any atom is 0.230 e. The third kappa shape index (κ3) is 4.95. The van der Waals surface area contributed by atoms with Gasteiger partial charge in [-0.1, -0.05) is 48.2 Å². The van der Waals surface area contributed by atoms with Crippen LogP contribution in [0.4, 0.5) is 0 Å². The van der Waals surface area contributed by atoms with Gasteiger partial charge in [-0.15, -0.1) is 21.5 Å². The van der Waals surface area contributed by atoms with Crippen molar-refractivity contribution < 1.29 is 4.79 Å². The Morgan fingerprint density at radius 1 is 1.13 bits per heavy atom. The van der Waals surface area contributed by atoms with Crippen molar-refractivity contribution in [3.63, 3.8) is 0 Å². The lowest BCUT2D eigenvalue weighted by atomic mass is 10.2. The van der Waals surface area contributed by atoms with Crippen LogP contribution in [0.25, 0.3) is 11.4 Å². The zero-order valence-electron chi connectivity index (χ0n) is 16.4. The molecule has 0 aliphatic rings. The lowest BCUT2D eigenvalue weighted by Crippen LogP contribution is -2.27. The summed E-state index contributed by atoms with van der Waals surface area (Å²) < 4.78 is 2.03. The van der Waals surface area contributed by atoms with Gasteiger partial charge in [-0.05, 0) is 36.1 Å². The normalized spacial score (nSPS) is 11.9. The van der Waals surface area contributed by atoms with Gasteiger partial charge in [0, 0.05) is 22.8 Å². The van der Waals surface area contributed by atoms with E-state index >= 15 is 0 Å². The third-order valence-corrected chi connectivity index (χ3v) is 6.52. The molecule has 8 heteroatoms. The molecule has 0 radical (unpaired) electrons. The van der Waals surface area contributed by atoms with Crippen molar-refractivity contribution in [1.82, 2.24) is 25.1 Å². The number of benzene rings is 1. The van der Waals surface area contributed by atoms with Gasteiger partial charge in [0.05, 0.1) is 18.3 Å². The molecule has 0 aliphatic heterocycles. The summed E-state index contributed by atoms with van der Waals surface area (Å²) in [5.41, 5.74) is 2.03.